The van der Waals surface area contributed by atoms with Gasteiger partial charge in [0.15, 0.2) is 0 Å². The van der Waals surface area contributed by atoms with Crippen LogP contribution in [-0.2, 0) is 4.79 Å². The first kappa shape index (κ1) is 14.5. The molecule has 2 unspecified atom stereocenters. The van der Waals surface area contributed by atoms with Crippen molar-refractivity contribution < 1.29 is 14.7 Å². The summed E-state index contributed by atoms with van der Waals surface area (Å²) in [6.07, 6.45) is 2.86. The quantitative estimate of drug-likeness (QED) is 0.883. The van der Waals surface area contributed by atoms with Crippen molar-refractivity contribution in [3.63, 3.8) is 0 Å². The number of carbonyl (C=O) groups is 2. The minimum Gasteiger partial charge on any atom is -0.480 e. The van der Waals surface area contributed by atoms with Crippen LogP contribution < -0.4 is 5.32 Å². The van der Waals surface area contributed by atoms with Gasteiger partial charge in [-0.1, -0.05) is 19.8 Å². The molecule has 1 aromatic heterocycles. The molecule has 0 saturated heterocycles. The van der Waals surface area contributed by atoms with E-state index in [4.69, 9.17) is 0 Å². The molecular weight excluding hydrogens is 330 g/mol. The van der Waals surface area contributed by atoms with Gasteiger partial charge in [-0.15, -0.1) is 11.3 Å². The number of amides is 1. The minimum atomic E-state index is -1.11. The number of thiophene rings is 1. The normalized spacial score (nSPS) is 26.9. The summed E-state index contributed by atoms with van der Waals surface area (Å²) in [6.45, 7) is 2.03. The molecule has 2 N–H and O–H groups in total. The number of carboxylic acid groups (broad SMARTS) is 1. The molecule has 1 amide bonds. The van der Waals surface area contributed by atoms with Crippen molar-refractivity contribution >= 4 is 39.1 Å². The molecule has 1 saturated carbocycles. The second kappa shape index (κ2) is 5.63. The average molecular weight is 346 g/mol. The fourth-order valence-corrected chi connectivity index (χ4v) is 3.91. The monoisotopic (exact) mass is 345 g/mol. The molecule has 104 valence electrons. The molecular formula is C13H16BrNO3S. The van der Waals surface area contributed by atoms with Gasteiger partial charge in [0.1, 0.15) is 5.54 Å². The topological polar surface area (TPSA) is 66.4 Å². The van der Waals surface area contributed by atoms with Crippen LogP contribution in [0.4, 0.5) is 0 Å². The summed E-state index contributed by atoms with van der Waals surface area (Å²) in [7, 11) is 0. The molecule has 0 aliphatic heterocycles. The van der Waals surface area contributed by atoms with E-state index in [0.717, 1.165) is 16.6 Å². The van der Waals surface area contributed by atoms with Crippen LogP contribution in [0.25, 0.3) is 0 Å². The van der Waals surface area contributed by atoms with Gasteiger partial charge in [0, 0.05) is 0 Å². The average Bonchev–Trinajstić information content (AvgIpc) is 2.75. The van der Waals surface area contributed by atoms with Gasteiger partial charge in [-0.3, -0.25) is 4.79 Å². The van der Waals surface area contributed by atoms with Crippen LogP contribution in [-0.4, -0.2) is 22.5 Å². The number of nitrogens with one attached hydrogen (secondary N) is 1. The van der Waals surface area contributed by atoms with Crippen molar-refractivity contribution in [3.05, 3.63) is 20.8 Å². The van der Waals surface area contributed by atoms with Gasteiger partial charge in [0.2, 0.25) is 0 Å². The number of aliphatic carboxylic acids is 1. The molecule has 0 spiro atoms. The second-order valence-electron chi connectivity index (χ2n) is 5.15. The molecule has 0 aromatic carbocycles. The zero-order chi connectivity index (χ0) is 14.0. The zero-order valence-electron chi connectivity index (χ0n) is 10.6. The van der Waals surface area contributed by atoms with Crippen molar-refractivity contribution in [3.8, 4) is 0 Å². The number of carboxylic acids is 1. The second-order valence-corrected chi connectivity index (χ2v) is 7.61. The molecule has 2 atom stereocenters. The molecule has 19 heavy (non-hydrogen) atoms. The Hall–Kier alpha value is -0.880. The highest BCUT2D eigenvalue weighted by atomic mass is 79.9. The Morgan fingerprint density at radius 1 is 1.53 bits per heavy atom. The Kier molecular flexibility index (Phi) is 4.30. The van der Waals surface area contributed by atoms with Gasteiger partial charge >= 0.3 is 5.97 Å². The first-order chi connectivity index (χ1) is 8.93. The first-order valence-electron chi connectivity index (χ1n) is 6.24. The first-order valence-corrected chi connectivity index (χ1v) is 7.85. The van der Waals surface area contributed by atoms with Gasteiger partial charge in [-0.25, -0.2) is 4.79 Å². The highest BCUT2D eigenvalue weighted by Gasteiger charge is 2.43. The van der Waals surface area contributed by atoms with Crippen molar-refractivity contribution in [2.45, 2.75) is 38.1 Å². The van der Waals surface area contributed by atoms with Crippen molar-refractivity contribution in [1.29, 1.82) is 0 Å². The Labute approximate surface area is 124 Å². The van der Waals surface area contributed by atoms with Crippen LogP contribution in [0.1, 0.15) is 42.3 Å². The van der Waals surface area contributed by atoms with E-state index in [-0.39, 0.29) is 5.91 Å². The summed E-state index contributed by atoms with van der Waals surface area (Å²) >= 11 is 4.61. The van der Waals surface area contributed by atoms with Crippen LogP contribution in [0, 0.1) is 5.92 Å². The zero-order valence-corrected chi connectivity index (χ0v) is 13.0. The van der Waals surface area contributed by atoms with Crippen LogP contribution in [0.2, 0.25) is 0 Å². The standard InChI is InChI=1S/C13H16BrNO3S/c1-8-3-2-6-13(7-8,12(17)18)15-11(16)9-4-5-10(14)19-9/h4-5,8H,2-3,6-7H2,1H3,(H,15,16)(H,17,18). The summed E-state index contributed by atoms with van der Waals surface area (Å²) in [6, 6.07) is 3.49. The van der Waals surface area contributed by atoms with Gasteiger partial charge < -0.3 is 10.4 Å². The Balaban J connectivity index is 2.17. The van der Waals surface area contributed by atoms with E-state index in [0.29, 0.717) is 23.6 Å². The van der Waals surface area contributed by atoms with E-state index < -0.39 is 11.5 Å². The smallest absolute Gasteiger partial charge is 0.329 e. The summed E-state index contributed by atoms with van der Waals surface area (Å²) in [5.41, 5.74) is -1.11. The molecule has 0 bridgehead atoms. The maximum atomic E-state index is 12.2. The summed E-state index contributed by atoms with van der Waals surface area (Å²) in [5, 5.41) is 12.2. The van der Waals surface area contributed by atoms with E-state index in [1.807, 2.05) is 6.92 Å². The SMILES string of the molecule is CC1CCCC(NC(=O)c2ccc(Br)s2)(C(=O)O)C1. The van der Waals surface area contributed by atoms with Crippen LogP contribution >= 0.6 is 27.3 Å². The lowest BCUT2D eigenvalue weighted by molar-refractivity contribution is -0.146. The van der Waals surface area contributed by atoms with E-state index in [1.54, 1.807) is 12.1 Å². The molecule has 6 heteroatoms. The largest absolute Gasteiger partial charge is 0.480 e. The van der Waals surface area contributed by atoms with Gasteiger partial charge in [0.25, 0.3) is 5.91 Å². The molecule has 1 aliphatic carbocycles. The van der Waals surface area contributed by atoms with Crippen molar-refractivity contribution in [2.24, 2.45) is 5.92 Å². The number of halogens is 1. The lowest BCUT2D eigenvalue weighted by Gasteiger charge is -2.36. The third-order valence-corrected chi connectivity index (χ3v) is 5.18. The third kappa shape index (κ3) is 3.17. The predicted molar refractivity (Wildman–Crippen MR) is 77.5 cm³/mol. The molecule has 0 radical (unpaired) electrons. The van der Waals surface area contributed by atoms with Crippen LogP contribution in [0.15, 0.2) is 15.9 Å². The van der Waals surface area contributed by atoms with E-state index in [2.05, 4.69) is 21.2 Å². The summed E-state index contributed by atoms with van der Waals surface area (Å²) in [4.78, 5) is 24.3. The highest BCUT2D eigenvalue weighted by molar-refractivity contribution is 9.11. The minimum absolute atomic E-state index is 0.299. The van der Waals surface area contributed by atoms with Gasteiger partial charge in [-0.05, 0) is 46.8 Å². The maximum Gasteiger partial charge on any atom is 0.329 e. The Bertz CT molecular complexity index is 502. The molecule has 2 rings (SSSR count). The number of rotatable bonds is 3. The maximum absolute atomic E-state index is 12.2. The molecule has 1 fully saturated rings. The lowest BCUT2D eigenvalue weighted by Crippen LogP contribution is -2.56. The highest BCUT2D eigenvalue weighted by Crippen LogP contribution is 2.33. The fourth-order valence-electron chi connectivity index (χ4n) is 2.63. The fraction of sp³-hybridized carbons (Fsp3) is 0.538. The molecule has 4 nitrogen and oxygen atoms in total. The Morgan fingerprint density at radius 3 is 2.79 bits per heavy atom. The van der Waals surface area contributed by atoms with Gasteiger partial charge in [-0.2, -0.15) is 0 Å². The number of hydrogen-bond donors (Lipinski definition) is 2. The third-order valence-electron chi connectivity index (χ3n) is 3.56. The summed E-state index contributed by atoms with van der Waals surface area (Å²) < 4.78 is 0.860. The van der Waals surface area contributed by atoms with Gasteiger partial charge in [0.05, 0.1) is 8.66 Å². The number of hydrogen-bond acceptors (Lipinski definition) is 3. The van der Waals surface area contributed by atoms with E-state index in [9.17, 15) is 14.7 Å². The van der Waals surface area contributed by atoms with E-state index >= 15 is 0 Å². The molecule has 1 aliphatic rings. The molecule has 1 aromatic rings. The van der Waals surface area contributed by atoms with Crippen molar-refractivity contribution in [2.75, 3.05) is 0 Å². The lowest BCUT2D eigenvalue weighted by atomic mass is 9.76. The predicted octanol–water partition coefficient (Wildman–Crippen LogP) is 3.27. The molecule has 1 heterocycles. The summed E-state index contributed by atoms with van der Waals surface area (Å²) in [5.74, 6) is -0.907. The number of carbonyl (C=O) groups excluding carboxylic acids is 1. The van der Waals surface area contributed by atoms with Crippen LogP contribution in [0.5, 0.6) is 0 Å². The van der Waals surface area contributed by atoms with E-state index in [1.165, 1.54) is 11.3 Å². The van der Waals surface area contributed by atoms with Crippen molar-refractivity contribution in [1.82, 2.24) is 5.32 Å². The Morgan fingerprint density at radius 2 is 2.26 bits per heavy atom. The van der Waals surface area contributed by atoms with Crippen LogP contribution in [0.3, 0.4) is 0 Å².